The number of amides is 4. The van der Waals surface area contributed by atoms with Crippen LogP contribution in [0, 0.1) is 34.3 Å². The number of hydrogen-bond donors (Lipinski definition) is 5. The van der Waals surface area contributed by atoms with Crippen molar-refractivity contribution in [3.05, 3.63) is 101 Å². The second-order valence-corrected chi connectivity index (χ2v) is 19.8. The maximum absolute atomic E-state index is 16.0. The molecule has 28 heteroatoms. The van der Waals surface area contributed by atoms with Gasteiger partial charge in [0.15, 0.2) is 0 Å². The van der Waals surface area contributed by atoms with Gasteiger partial charge >= 0.3 is 31.1 Å². The van der Waals surface area contributed by atoms with Gasteiger partial charge in [-0.05, 0) is 82.1 Å². The van der Waals surface area contributed by atoms with E-state index in [1.165, 1.54) is 24.3 Å². The molecule has 2 aromatic carbocycles. The summed E-state index contributed by atoms with van der Waals surface area (Å²) < 4.78 is 161. The number of rotatable bonds is 18. The third-order valence-electron chi connectivity index (χ3n) is 13.7. The molecule has 0 radical (unpaired) electrons. The fourth-order valence-electron chi connectivity index (χ4n) is 8.52. The zero-order valence-corrected chi connectivity index (χ0v) is 43.4. The lowest BCUT2D eigenvalue weighted by Crippen LogP contribution is -2.63. The molecule has 4 heterocycles. The number of nitrogens with zero attached hydrogens (tertiary/aromatic N) is 6. The Bertz CT molecular complexity index is 2820. The smallest absolute Gasteiger partial charge is 0.407 e. The Hall–Kier alpha value is -7.22. The number of carbonyl (C=O) groups excluding carboxylic acids is 4. The van der Waals surface area contributed by atoms with Crippen LogP contribution in [0.3, 0.4) is 0 Å². The van der Waals surface area contributed by atoms with Gasteiger partial charge in [0.1, 0.15) is 29.5 Å². The summed E-state index contributed by atoms with van der Waals surface area (Å²) in [5, 5.41) is 22.0. The normalized spacial score (nSPS) is 16.9. The van der Waals surface area contributed by atoms with E-state index in [1.54, 1.807) is 17.6 Å². The minimum Gasteiger partial charge on any atom is -0.453 e. The molecule has 5 N–H and O–H groups in total. The monoisotopic (exact) mass is 1130 g/mol. The molecule has 2 fully saturated rings. The van der Waals surface area contributed by atoms with Gasteiger partial charge in [0.2, 0.25) is 5.91 Å². The van der Waals surface area contributed by atoms with Crippen LogP contribution in [0.25, 0.3) is 11.3 Å². The van der Waals surface area contributed by atoms with Crippen LogP contribution in [0.15, 0.2) is 67.0 Å². The SMILES string of the molecule is COC(=O)N[C@H](C(=O)NC(Cc1ccc(C#Cc2ccc(N3CCN4CCOC[C@H]4C3)nc2)cc1)[C@@H](O)CN(Cc1c(F)cc(-c2ccn(C(F)F)n2)cc1F)NC(=O)[C@@H](NC(=O)OC)C(C)(C)C(F)(F)F)C(C)(C)C(F)(F)F. The first kappa shape index (κ1) is 61.0. The Morgan fingerprint density at radius 1 is 0.810 bits per heavy atom. The third-order valence-corrected chi connectivity index (χ3v) is 13.7. The van der Waals surface area contributed by atoms with Crippen molar-refractivity contribution in [2.75, 3.05) is 65.1 Å². The lowest BCUT2D eigenvalue weighted by Gasteiger charge is -2.44. The Morgan fingerprint density at radius 2 is 1.39 bits per heavy atom. The molecular weight excluding hydrogens is 1070 g/mol. The number of pyridine rings is 1. The first-order valence-electron chi connectivity index (χ1n) is 24.3. The summed E-state index contributed by atoms with van der Waals surface area (Å²) in [5.74, 6) is 0.679. The third kappa shape index (κ3) is 15.1. The summed E-state index contributed by atoms with van der Waals surface area (Å²) >= 11 is 0. The van der Waals surface area contributed by atoms with Crippen LogP contribution < -0.4 is 26.3 Å². The zero-order chi connectivity index (χ0) is 58.2. The number of anilines is 1. The number of piperazine rings is 1. The second-order valence-electron chi connectivity index (χ2n) is 19.8. The van der Waals surface area contributed by atoms with Crippen LogP contribution in [-0.2, 0) is 36.8 Å². The predicted octanol–water partition coefficient (Wildman–Crippen LogP) is 6.09. The molecule has 2 aliphatic rings. The highest BCUT2D eigenvalue weighted by Gasteiger charge is 2.57. The molecule has 18 nitrogen and oxygen atoms in total. The Kier molecular flexibility index (Phi) is 19.5. The van der Waals surface area contributed by atoms with E-state index in [9.17, 15) is 59.4 Å². The van der Waals surface area contributed by atoms with E-state index in [1.807, 2.05) is 16.8 Å². The van der Waals surface area contributed by atoms with Gasteiger partial charge in [-0.3, -0.25) is 19.9 Å². The van der Waals surface area contributed by atoms with Crippen LogP contribution in [-0.4, -0.2) is 157 Å². The number of fused-ring (bicyclic) bond motifs is 1. The number of hydrogen-bond acceptors (Lipinski definition) is 13. The van der Waals surface area contributed by atoms with Gasteiger partial charge in [0, 0.05) is 73.9 Å². The summed E-state index contributed by atoms with van der Waals surface area (Å²) in [7, 11) is 1.60. The highest BCUT2D eigenvalue weighted by atomic mass is 19.4. The number of aliphatic hydroxyl groups is 1. The number of halogens is 10. The van der Waals surface area contributed by atoms with Crippen molar-refractivity contribution in [3.8, 4) is 23.1 Å². The zero-order valence-electron chi connectivity index (χ0n) is 43.4. The van der Waals surface area contributed by atoms with E-state index < -0.39 is 115 Å². The topological polar surface area (TPSA) is 205 Å². The Morgan fingerprint density at radius 3 is 1.94 bits per heavy atom. The number of methoxy groups -OCH3 is 2. The van der Waals surface area contributed by atoms with Crippen LogP contribution in [0.2, 0.25) is 0 Å². The van der Waals surface area contributed by atoms with E-state index in [0.717, 1.165) is 58.5 Å². The van der Waals surface area contributed by atoms with Gasteiger partial charge in [0.05, 0.1) is 62.1 Å². The predicted molar refractivity (Wildman–Crippen MR) is 262 cm³/mol. The largest absolute Gasteiger partial charge is 0.453 e. The molecule has 430 valence electrons. The molecule has 0 saturated carbocycles. The number of aliphatic hydroxyl groups excluding tert-OH is 1. The van der Waals surface area contributed by atoms with Gasteiger partial charge in [-0.15, -0.1) is 0 Å². The fraction of sp³-hybridized carbons (Fsp3) is 0.490. The average molecular weight is 1130 g/mol. The van der Waals surface area contributed by atoms with Crippen molar-refractivity contribution in [1.82, 2.24) is 46.0 Å². The molecule has 4 aromatic rings. The number of ether oxygens (including phenoxy) is 3. The number of hydrazine groups is 1. The summed E-state index contributed by atoms with van der Waals surface area (Å²) in [6, 6.07) is 5.47. The number of nitrogens with one attached hydrogen (secondary N) is 4. The van der Waals surface area contributed by atoms with Crippen molar-refractivity contribution in [3.63, 3.8) is 0 Å². The molecule has 0 spiro atoms. The average Bonchev–Trinajstić information content (AvgIpc) is 3.93. The second kappa shape index (κ2) is 25.3. The Labute approximate surface area is 447 Å². The molecule has 2 saturated heterocycles. The van der Waals surface area contributed by atoms with Crippen molar-refractivity contribution in [2.24, 2.45) is 10.8 Å². The quantitative estimate of drug-likeness (QED) is 0.0436. The van der Waals surface area contributed by atoms with Crippen LogP contribution in [0.5, 0.6) is 0 Å². The van der Waals surface area contributed by atoms with E-state index in [2.05, 4.69) is 46.5 Å². The summed E-state index contributed by atoms with van der Waals surface area (Å²) in [6.45, 7) is 1.45. The van der Waals surface area contributed by atoms with Gasteiger partial charge in [0.25, 0.3) is 5.91 Å². The molecule has 2 aromatic heterocycles. The molecule has 5 atom stereocenters. The first-order valence-corrected chi connectivity index (χ1v) is 24.3. The van der Waals surface area contributed by atoms with Crippen LogP contribution in [0.4, 0.5) is 59.3 Å². The van der Waals surface area contributed by atoms with E-state index >= 15 is 8.78 Å². The van der Waals surface area contributed by atoms with Gasteiger partial charge < -0.3 is 40.2 Å². The number of alkyl carbamates (subject to hydrolysis) is 2. The molecule has 79 heavy (non-hydrogen) atoms. The highest BCUT2D eigenvalue weighted by Crippen LogP contribution is 2.42. The lowest BCUT2D eigenvalue weighted by atomic mass is 9.82. The summed E-state index contributed by atoms with van der Waals surface area (Å²) in [4.78, 5) is 61.9. The van der Waals surface area contributed by atoms with Crippen LogP contribution in [0.1, 0.15) is 56.5 Å². The maximum atomic E-state index is 16.0. The lowest BCUT2D eigenvalue weighted by molar-refractivity contribution is -0.221. The van der Waals surface area contributed by atoms with Crippen LogP contribution >= 0.6 is 0 Å². The molecule has 4 amide bonds. The van der Waals surface area contributed by atoms with Crippen molar-refractivity contribution in [1.29, 1.82) is 0 Å². The Balaban J connectivity index is 1.33. The summed E-state index contributed by atoms with van der Waals surface area (Å²) in [5.41, 5.74) is -4.46. The minimum absolute atomic E-state index is 0.197. The van der Waals surface area contributed by atoms with Gasteiger partial charge in [-0.2, -0.15) is 40.2 Å². The van der Waals surface area contributed by atoms with Crippen molar-refractivity contribution >= 4 is 29.8 Å². The molecule has 0 bridgehead atoms. The number of morpholine rings is 1. The maximum Gasteiger partial charge on any atom is 0.407 e. The van der Waals surface area contributed by atoms with E-state index in [-0.39, 0.29) is 27.5 Å². The molecule has 1 unspecified atom stereocenters. The van der Waals surface area contributed by atoms with Crippen molar-refractivity contribution in [2.45, 2.75) is 89.8 Å². The number of alkyl halides is 8. The molecule has 0 aliphatic carbocycles. The fourth-order valence-corrected chi connectivity index (χ4v) is 8.52. The van der Waals surface area contributed by atoms with E-state index in [4.69, 9.17) is 4.74 Å². The highest BCUT2D eigenvalue weighted by molar-refractivity contribution is 5.87. The van der Waals surface area contributed by atoms with Crippen molar-refractivity contribution < 1.29 is 82.4 Å². The first-order chi connectivity index (χ1) is 37.0. The molecule has 6 rings (SSSR count). The number of aromatic nitrogens is 3. The number of benzene rings is 2. The summed E-state index contributed by atoms with van der Waals surface area (Å²) in [6.07, 6.45) is -13.6. The van der Waals surface area contributed by atoms with Gasteiger partial charge in [-0.1, -0.05) is 24.0 Å². The minimum atomic E-state index is -5.23. The molecule has 2 aliphatic heterocycles. The van der Waals surface area contributed by atoms with Gasteiger partial charge in [-0.25, -0.2) is 33.0 Å². The van der Waals surface area contributed by atoms with E-state index in [0.29, 0.717) is 69.2 Å². The number of carbonyl (C=O) groups is 4. The standard InChI is InChI=1S/C51H58F10N10O8/c1-48(2,50(56,57)58)41(64-46(75)77-5)43(73)63-38(21-30-10-7-29(8-11-30)9-12-31-13-14-40(62-24-31)69-18-17-68-19-20-79-28-33(68)25-69)39(72)27-70(67-44(74)42(65-47(76)78-6)49(3,4)51(59,60)61)26-34-35(52)22-32(23-36(34)53)37-15-16-71(66-37)45(54)55/h7-8,10-11,13-16,22-24,33,38-39,41-42,45,72H,17-21,25-28H2,1-6H3,(H,63,73)(H,64,75)(H,65,76)(H,67,74)/t33-,38?,39+,41-,42-/m1/s1. The molecular formula is C51H58F10N10O8.